The van der Waals surface area contributed by atoms with E-state index in [4.69, 9.17) is 4.74 Å². The van der Waals surface area contributed by atoms with Crippen molar-refractivity contribution in [2.24, 2.45) is 0 Å². The van der Waals surface area contributed by atoms with Crippen molar-refractivity contribution >= 4 is 22.4 Å². The average molecular weight is 367 g/mol. The highest BCUT2D eigenvalue weighted by atomic mass is 32.1. The third kappa shape index (κ3) is 5.39. The van der Waals surface area contributed by atoms with Gasteiger partial charge in [0.2, 0.25) is 5.91 Å². The van der Waals surface area contributed by atoms with Gasteiger partial charge in [0, 0.05) is 29.8 Å². The molecule has 134 valence electrons. The van der Waals surface area contributed by atoms with Gasteiger partial charge in [0.1, 0.15) is 5.75 Å². The number of thiazole rings is 1. The van der Waals surface area contributed by atoms with Crippen molar-refractivity contribution in [3.8, 4) is 17.0 Å². The smallest absolute Gasteiger partial charge is 0.226 e. The van der Waals surface area contributed by atoms with E-state index >= 15 is 0 Å². The van der Waals surface area contributed by atoms with Gasteiger partial charge in [0.15, 0.2) is 5.13 Å². The Hall–Kier alpha value is -2.73. The maximum absolute atomic E-state index is 12.0. The van der Waals surface area contributed by atoms with Crippen LogP contribution in [0, 0.1) is 6.92 Å². The van der Waals surface area contributed by atoms with Crippen molar-refractivity contribution in [1.29, 1.82) is 0 Å². The molecule has 0 atom stereocenters. The molecule has 2 aromatic heterocycles. The Balaban J connectivity index is 1.37. The Morgan fingerprint density at radius 2 is 2.15 bits per heavy atom. The summed E-state index contributed by atoms with van der Waals surface area (Å²) in [5.41, 5.74) is 2.94. The molecule has 2 heterocycles. The Bertz CT molecular complexity index is 849. The molecule has 0 saturated carbocycles. The molecule has 6 heteroatoms. The van der Waals surface area contributed by atoms with E-state index in [-0.39, 0.29) is 5.91 Å². The monoisotopic (exact) mass is 367 g/mol. The van der Waals surface area contributed by atoms with Gasteiger partial charge >= 0.3 is 0 Å². The number of amides is 1. The summed E-state index contributed by atoms with van der Waals surface area (Å²) in [6.45, 7) is 2.65. The number of nitrogens with zero attached hydrogens (tertiary/aromatic N) is 2. The van der Waals surface area contributed by atoms with E-state index in [0.29, 0.717) is 18.2 Å². The van der Waals surface area contributed by atoms with Crippen LogP contribution in [0.4, 0.5) is 5.13 Å². The largest absolute Gasteiger partial charge is 0.494 e. The van der Waals surface area contributed by atoms with E-state index in [0.717, 1.165) is 29.8 Å². The Morgan fingerprint density at radius 3 is 2.96 bits per heavy atom. The molecule has 3 rings (SSSR count). The normalized spacial score (nSPS) is 10.5. The second kappa shape index (κ2) is 9.10. The number of aryl methyl sites for hydroxylation is 1. The zero-order valence-electron chi connectivity index (χ0n) is 14.6. The molecular weight excluding hydrogens is 346 g/mol. The Kier molecular flexibility index (Phi) is 6.33. The topological polar surface area (TPSA) is 64.1 Å². The van der Waals surface area contributed by atoms with Crippen LogP contribution in [0.25, 0.3) is 11.3 Å². The molecule has 0 aliphatic heterocycles. The number of ether oxygens (including phenoxy) is 1. The Morgan fingerprint density at radius 1 is 1.23 bits per heavy atom. The fourth-order valence-electron chi connectivity index (χ4n) is 2.44. The zero-order valence-corrected chi connectivity index (χ0v) is 15.5. The first kappa shape index (κ1) is 18.1. The summed E-state index contributed by atoms with van der Waals surface area (Å²) < 4.78 is 5.69. The minimum atomic E-state index is -0.0207. The maximum atomic E-state index is 12.0. The second-order valence-corrected chi connectivity index (χ2v) is 6.81. The van der Waals surface area contributed by atoms with Crippen LogP contribution in [0.3, 0.4) is 0 Å². The number of anilines is 1. The molecule has 0 bridgehead atoms. The lowest BCUT2D eigenvalue weighted by Gasteiger charge is -2.06. The third-order valence-electron chi connectivity index (χ3n) is 3.76. The summed E-state index contributed by atoms with van der Waals surface area (Å²) in [7, 11) is 0. The summed E-state index contributed by atoms with van der Waals surface area (Å²) in [4.78, 5) is 20.6. The van der Waals surface area contributed by atoms with Gasteiger partial charge in [0.05, 0.1) is 12.3 Å². The maximum Gasteiger partial charge on any atom is 0.226 e. The first-order valence-electron chi connectivity index (χ1n) is 8.56. The van der Waals surface area contributed by atoms with Crippen molar-refractivity contribution in [2.75, 3.05) is 11.9 Å². The molecule has 0 fully saturated rings. The van der Waals surface area contributed by atoms with E-state index in [1.807, 2.05) is 48.7 Å². The number of nitrogens with one attached hydrogen (secondary N) is 1. The summed E-state index contributed by atoms with van der Waals surface area (Å²) in [5.74, 6) is 0.854. The number of aromatic nitrogens is 2. The van der Waals surface area contributed by atoms with Crippen molar-refractivity contribution in [3.05, 3.63) is 59.7 Å². The van der Waals surface area contributed by atoms with Gasteiger partial charge in [-0.15, -0.1) is 11.3 Å². The van der Waals surface area contributed by atoms with E-state index in [1.165, 1.54) is 16.9 Å². The van der Waals surface area contributed by atoms with E-state index in [1.54, 1.807) is 12.4 Å². The van der Waals surface area contributed by atoms with Crippen molar-refractivity contribution in [1.82, 2.24) is 9.97 Å². The molecule has 26 heavy (non-hydrogen) atoms. The quantitative estimate of drug-likeness (QED) is 0.586. The lowest BCUT2D eigenvalue weighted by molar-refractivity contribution is -0.116. The van der Waals surface area contributed by atoms with Crippen molar-refractivity contribution in [2.45, 2.75) is 26.2 Å². The van der Waals surface area contributed by atoms with Gasteiger partial charge in [-0.25, -0.2) is 4.98 Å². The highest BCUT2D eigenvalue weighted by molar-refractivity contribution is 7.14. The van der Waals surface area contributed by atoms with Crippen LogP contribution in [-0.2, 0) is 4.79 Å². The van der Waals surface area contributed by atoms with Crippen LogP contribution in [0.15, 0.2) is 54.2 Å². The van der Waals surface area contributed by atoms with Crippen LogP contribution in [0.5, 0.6) is 5.75 Å². The molecule has 5 nitrogen and oxygen atoms in total. The minimum absolute atomic E-state index is 0.0207. The lowest BCUT2D eigenvalue weighted by atomic mass is 10.2. The number of pyridine rings is 1. The van der Waals surface area contributed by atoms with Gasteiger partial charge in [-0.3, -0.25) is 9.78 Å². The number of hydrogen-bond acceptors (Lipinski definition) is 5. The standard InChI is InChI=1S/C20H21N3O2S/c1-15-6-4-8-17(12-15)25-11-3-2-9-19(24)23-20-22-18(14-26-20)16-7-5-10-21-13-16/h4-8,10,12-14H,2-3,9,11H2,1H3,(H,22,23,24). The second-order valence-electron chi connectivity index (χ2n) is 5.95. The molecular formula is C20H21N3O2S. The third-order valence-corrected chi connectivity index (χ3v) is 4.52. The highest BCUT2D eigenvalue weighted by Gasteiger charge is 2.08. The summed E-state index contributed by atoms with van der Waals surface area (Å²) in [5, 5.41) is 5.39. The number of carbonyl (C=O) groups is 1. The molecule has 1 amide bonds. The number of rotatable bonds is 8. The van der Waals surface area contributed by atoms with Gasteiger partial charge in [0.25, 0.3) is 0 Å². The molecule has 1 aromatic carbocycles. The number of benzene rings is 1. The predicted molar refractivity (Wildman–Crippen MR) is 104 cm³/mol. The fourth-order valence-corrected chi connectivity index (χ4v) is 3.18. The summed E-state index contributed by atoms with van der Waals surface area (Å²) in [6, 6.07) is 11.8. The van der Waals surface area contributed by atoms with Gasteiger partial charge in [-0.2, -0.15) is 0 Å². The summed E-state index contributed by atoms with van der Waals surface area (Å²) in [6.07, 6.45) is 5.55. The SMILES string of the molecule is Cc1cccc(OCCCCC(=O)Nc2nc(-c3cccnc3)cs2)c1. The van der Waals surface area contributed by atoms with Gasteiger partial charge in [-0.1, -0.05) is 12.1 Å². The van der Waals surface area contributed by atoms with Crippen molar-refractivity contribution in [3.63, 3.8) is 0 Å². The first-order valence-corrected chi connectivity index (χ1v) is 9.44. The van der Waals surface area contributed by atoms with E-state index in [2.05, 4.69) is 15.3 Å². The number of hydrogen-bond donors (Lipinski definition) is 1. The van der Waals surface area contributed by atoms with Crippen LogP contribution >= 0.6 is 11.3 Å². The molecule has 0 saturated heterocycles. The van der Waals surface area contributed by atoms with Crippen LogP contribution in [0.1, 0.15) is 24.8 Å². The molecule has 0 radical (unpaired) electrons. The lowest BCUT2D eigenvalue weighted by Crippen LogP contribution is -2.11. The molecule has 3 aromatic rings. The van der Waals surface area contributed by atoms with E-state index in [9.17, 15) is 4.79 Å². The summed E-state index contributed by atoms with van der Waals surface area (Å²) >= 11 is 1.42. The average Bonchev–Trinajstić information content (AvgIpc) is 3.11. The molecule has 0 aliphatic rings. The van der Waals surface area contributed by atoms with Crippen molar-refractivity contribution < 1.29 is 9.53 Å². The van der Waals surface area contributed by atoms with E-state index < -0.39 is 0 Å². The number of carbonyl (C=O) groups excluding carboxylic acids is 1. The molecule has 0 spiro atoms. The van der Waals surface area contributed by atoms with Gasteiger partial charge < -0.3 is 10.1 Å². The first-order chi connectivity index (χ1) is 12.7. The number of unbranched alkanes of at least 4 members (excludes halogenated alkanes) is 1. The molecule has 0 aliphatic carbocycles. The van der Waals surface area contributed by atoms with Crippen LogP contribution in [0.2, 0.25) is 0 Å². The Labute approximate surface area is 157 Å². The molecule has 1 N–H and O–H groups in total. The van der Waals surface area contributed by atoms with Crippen LogP contribution in [-0.4, -0.2) is 22.5 Å². The zero-order chi connectivity index (χ0) is 18.2. The highest BCUT2D eigenvalue weighted by Crippen LogP contribution is 2.24. The molecule has 0 unspecified atom stereocenters. The minimum Gasteiger partial charge on any atom is -0.494 e. The van der Waals surface area contributed by atoms with Gasteiger partial charge in [-0.05, 0) is 49.6 Å². The van der Waals surface area contributed by atoms with Crippen LogP contribution < -0.4 is 10.1 Å². The fraction of sp³-hybridized carbons (Fsp3) is 0.250. The predicted octanol–water partition coefficient (Wildman–Crippen LogP) is 4.70.